The third kappa shape index (κ3) is 4.43. The van der Waals surface area contributed by atoms with Gasteiger partial charge < -0.3 is 5.32 Å². The molecule has 1 amide bonds. The van der Waals surface area contributed by atoms with Crippen molar-refractivity contribution < 1.29 is 4.79 Å². The van der Waals surface area contributed by atoms with E-state index < -0.39 is 0 Å². The second kappa shape index (κ2) is 9.08. The van der Waals surface area contributed by atoms with Crippen molar-refractivity contribution in [2.45, 2.75) is 6.92 Å². The van der Waals surface area contributed by atoms with E-state index in [1.54, 1.807) is 30.3 Å². The highest BCUT2D eigenvalue weighted by Crippen LogP contribution is 2.33. The van der Waals surface area contributed by atoms with Gasteiger partial charge in [-0.05, 0) is 49.4 Å². The van der Waals surface area contributed by atoms with Crippen LogP contribution in [0.1, 0.15) is 21.7 Å². The van der Waals surface area contributed by atoms with Crippen LogP contribution in [0.4, 0.5) is 0 Å². The summed E-state index contributed by atoms with van der Waals surface area (Å²) in [5.41, 5.74) is 5.88. The molecule has 0 aliphatic carbocycles. The zero-order chi connectivity index (χ0) is 22.0. The summed E-state index contributed by atoms with van der Waals surface area (Å²) in [5, 5.41) is 15.2. The van der Waals surface area contributed by atoms with Crippen LogP contribution in [0, 0.1) is 18.3 Å². The van der Waals surface area contributed by atoms with Gasteiger partial charge in [-0.15, -0.1) is 0 Å². The maximum absolute atomic E-state index is 13.1. The van der Waals surface area contributed by atoms with Crippen LogP contribution in [-0.2, 0) is 0 Å². The van der Waals surface area contributed by atoms with Crippen molar-refractivity contribution in [3.05, 3.63) is 69.5 Å². The largest absolute Gasteiger partial charge is 0.314 e. The van der Waals surface area contributed by atoms with E-state index >= 15 is 0 Å². The standard InChI is InChI=1S/C22H20Cl2N6O/c1-14-20(22(31)28-29-10-8-26-9-11-29)27-21(18-7-4-16(23)12-19(18)24)30(14)17-5-2-15(13-25)3-6-17/h2-7,12,26H,8-11H2,1H3,(H,28,31). The van der Waals surface area contributed by atoms with E-state index in [1.165, 1.54) is 0 Å². The Morgan fingerprint density at radius 2 is 1.87 bits per heavy atom. The average molecular weight is 455 g/mol. The lowest BCUT2D eigenvalue weighted by molar-refractivity contribution is 0.0759. The fourth-order valence-electron chi connectivity index (χ4n) is 3.54. The third-order valence-corrected chi connectivity index (χ3v) is 5.67. The number of rotatable bonds is 4. The van der Waals surface area contributed by atoms with E-state index in [1.807, 2.05) is 28.6 Å². The van der Waals surface area contributed by atoms with Crippen molar-refractivity contribution >= 4 is 29.1 Å². The number of carbonyl (C=O) groups excluding carboxylic acids is 1. The monoisotopic (exact) mass is 454 g/mol. The van der Waals surface area contributed by atoms with Gasteiger partial charge in [0.05, 0.1) is 22.3 Å². The van der Waals surface area contributed by atoms with Gasteiger partial charge in [-0.3, -0.25) is 14.8 Å². The van der Waals surface area contributed by atoms with Gasteiger partial charge in [0.25, 0.3) is 5.91 Å². The number of nitrogens with zero attached hydrogens (tertiary/aromatic N) is 4. The number of benzene rings is 2. The number of piperazine rings is 1. The summed E-state index contributed by atoms with van der Waals surface area (Å²) in [4.78, 5) is 17.7. The topological polar surface area (TPSA) is 86.0 Å². The van der Waals surface area contributed by atoms with Crippen molar-refractivity contribution in [3.63, 3.8) is 0 Å². The van der Waals surface area contributed by atoms with Crippen LogP contribution in [-0.4, -0.2) is 46.6 Å². The smallest absolute Gasteiger partial charge is 0.286 e. The van der Waals surface area contributed by atoms with Gasteiger partial charge in [-0.2, -0.15) is 5.26 Å². The Morgan fingerprint density at radius 1 is 1.16 bits per heavy atom. The fourth-order valence-corrected chi connectivity index (χ4v) is 4.04. The maximum atomic E-state index is 13.1. The molecule has 1 saturated heterocycles. The first-order valence-electron chi connectivity index (χ1n) is 9.80. The maximum Gasteiger partial charge on any atom is 0.286 e. The van der Waals surface area contributed by atoms with Gasteiger partial charge in [-0.1, -0.05) is 23.2 Å². The number of nitriles is 1. The van der Waals surface area contributed by atoms with Crippen molar-refractivity contribution in [1.82, 2.24) is 25.3 Å². The van der Waals surface area contributed by atoms with Crippen molar-refractivity contribution in [2.75, 3.05) is 26.2 Å². The predicted octanol–water partition coefficient (Wildman–Crippen LogP) is 3.58. The van der Waals surface area contributed by atoms with Crippen LogP contribution in [0.25, 0.3) is 17.1 Å². The molecular formula is C22H20Cl2N6O. The minimum Gasteiger partial charge on any atom is -0.314 e. The van der Waals surface area contributed by atoms with Gasteiger partial charge in [0.1, 0.15) is 5.82 Å². The lowest BCUT2D eigenvalue weighted by Crippen LogP contribution is -2.52. The van der Waals surface area contributed by atoms with E-state index in [0.717, 1.165) is 31.9 Å². The Hall–Kier alpha value is -2.89. The van der Waals surface area contributed by atoms with E-state index in [-0.39, 0.29) is 5.91 Å². The molecule has 0 unspecified atom stereocenters. The summed E-state index contributed by atoms with van der Waals surface area (Å²) < 4.78 is 1.86. The summed E-state index contributed by atoms with van der Waals surface area (Å²) in [6.45, 7) is 4.90. The molecule has 31 heavy (non-hydrogen) atoms. The average Bonchev–Trinajstić information content (AvgIpc) is 3.11. The van der Waals surface area contributed by atoms with E-state index in [2.05, 4.69) is 21.8 Å². The lowest BCUT2D eigenvalue weighted by atomic mass is 10.2. The molecule has 2 N–H and O–H groups in total. The Balaban J connectivity index is 1.81. The number of nitrogens with one attached hydrogen (secondary N) is 2. The summed E-state index contributed by atoms with van der Waals surface area (Å²) in [7, 11) is 0. The normalized spacial score (nSPS) is 14.3. The summed E-state index contributed by atoms with van der Waals surface area (Å²) in [6, 6.07) is 14.4. The molecule has 9 heteroatoms. The molecule has 2 heterocycles. The zero-order valence-electron chi connectivity index (χ0n) is 16.8. The number of halogens is 2. The molecule has 0 spiro atoms. The second-order valence-corrected chi connectivity index (χ2v) is 8.01. The molecular weight excluding hydrogens is 435 g/mol. The fraction of sp³-hybridized carbons (Fsp3) is 0.227. The minimum atomic E-state index is -0.280. The van der Waals surface area contributed by atoms with Gasteiger partial charge in [-0.25, -0.2) is 9.99 Å². The molecule has 1 fully saturated rings. The summed E-state index contributed by atoms with van der Waals surface area (Å²) in [5.74, 6) is 0.243. The highest BCUT2D eigenvalue weighted by atomic mass is 35.5. The number of imidazole rings is 1. The lowest BCUT2D eigenvalue weighted by Gasteiger charge is -2.27. The molecule has 1 aromatic heterocycles. The molecule has 0 saturated carbocycles. The number of hydrogen-bond acceptors (Lipinski definition) is 5. The first-order valence-corrected chi connectivity index (χ1v) is 10.6. The van der Waals surface area contributed by atoms with Crippen LogP contribution in [0.2, 0.25) is 10.0 Å². The number of aromatic nitrogens is 2. The first-order chi connectivity index (χ1) is 15.0. The molecule has 2 aromatic carbocycles. The van der Waals surface area contributed by atoms with E-state index in [9.17, 15) is 4.79 Å². The van der Waals surface area contributed by atoms with Crippen molar-refractivity contribution in [2.24, 2.45) is 0 Å². The van der Waals surface area contributed by atoms with Gasteiger partial charge in [0.2, 0.25) is 0 Å². The predicted molar refractivity (Wildman–Crippen MR) is 120 cm³/mol. The van der Waals surface area contributed by atoms with Gasteiger partial charge in [0, 0.05) is 42.5 Å². The molecule has 3 aromatic rings. The molecule has 4 rings (SSSR count). The zero-order valence-corrected chi connectivity index (χ0v) is 18.3. The van der Waals surface area contributed by atoms with Crippen LogP contribution < -0.4 is 10.7 Å². The number of carbonyl (C=O) groups is 1. The summed E-state index contributed by atoms with van der Waals surface area (Å²) in [6.07, 6.45) is 0. The Kier molecular flexibility index (Phi) is 6.25. The third-order valence-electron chi connectivity index (χ3n) is 5.13. The quantitative estimate of drug-likeness (QED) is 0.628. The highest BCUT2D eigenvalue weighted by Gasteiger charge is 2.24. The van der Waals surface area contributed by atoms with E-state index in [4.69, 9.17) is 28.5 Å². The van der Waals surface area contributed by atoms with Crippen molar-refractivity contribution in [3.8, 4) is 23.1 Å². The number of hydrogen-bond donors (Lipinski definition) is 2. The van der Waals surface area contributed by atoms with E-state index in [0.29, 0.717) is 38.4 Å². The molecule has 158 valence electrons. The molecule has 0 bridgehead atoms. The Labute approximate surface area is 190 Å². The van der Waals surface area contributed by atoms with Crippen LogP contribution in [0.5, 0.6) is 0 Å². The minimum absolute atomic E-state index is 0.280. The van der Waals surface area contributed by atoms with Crippen molar-refractivity contribution in [1.29, 1.82) is 5.26 Å². The highest BCUT2D eigenvalue weighted by molar-refractivity contribution is 6.36. The molecule has 0 atom stereocenters. The molecule has 0 radical (unpaired) electrons. The molecule has 7 nitrogen and oxygen atoms in total. The van der Waals surface area contributed by atoms with Crippen LogP contribution in [0.3, 0.4) is 0 Å². The number of hydrazine groups is 1. The number of amides is 1. The van der Waals surface area contributed by atoms with Crippen LogP contribution >= 0.6 is 23.2 Å². The Morgan fingerprint density at radius 3 is 2.52 bits per heavy atom. The van der Waals surface area contributed by atoms with Gasteiger partial charge in [0.15, 0.2) is 5.69 Å². The van der Waals surface area contributed by atoms with Crippen LogP contribution in [0.15, 0.2) is 42.5 Å². The second-order valence-electron chi connectivity index (χ2n) is 7.17. The SMILES string of the molecule is Cc1c(C(=O)NN2CCNCC2)nc(-c2ccc(Cl)cc2Cl)n1-c1ccc(C#N)cc1. The Bertz CT molecular complexity index is 1160. The molecule has 1 aliphatic heterocycles. The first kappa shape index (κ1) is 21.3. The summed E-state index contributed by atoms with van der Waals surface area (Å²) >= 11 is 12.5. The molecule has 1 aliphatic rings. The van der Waals surface area contributed by atoms with Gasteiger partial charge >= 0.3 is 0 Å².